The van der Waals surface area contributed by atoms with E-state index in [1.807, 2.05) is 0 Å². The number of halogens is 3. The molecule has 2 nitrogen and oxygen atoms in total. The molecule has 0 radical (unpaired) electrons. The number of hydrogen-bond acceptors (Lipinski definition) is 2. The predicted octanol–water partition coefficient (Wildman–Crippen LogP) is 2.76. The molecule has 0 aromatic heterocycles. The molecule has 0 aliphatic carbocycles. The Morgan fingerprint density at radius 1 is 1.42 bits per heavy atom. The zero-order valence-electron chi connectivity index (χ0n) is 5.59. The molecule has 0 N–H and O–H groups in total. The first-order valence-electron chi connectivity index (χ1n) is 2.81. The van der Waals surface area contributed by atoms with Crippen LogP contribution in [0, 0.1) is 0 Å². The summed E-state index contributed by atoms with van der Waals surface area (Å²) in [5.41, 5.74) is 0. The summed E-state index contributed by atoms with van der Waals surface area (Å²) in [7, 11) is -4.63. The fourth-order valence-electron chi connectivity index (χ4n) is 0.629. The molecule has 1 rings (SSSR count). The maximum absolute atomic E-state index is 12.3. The molecule has 0 spiro atoms. The lowest BCUT2D eigenvalue weighted by atomic mass is 10.4. The van der Waals surface area contributed by atoms with Gasteiger partial charge in [-0.3, -0.25) is 0 Å². The zero-order chi connectivity index (χ0) is 9.35. The summed E-state index contributed by atoms with van der Waals surface area (Å²) in [5.74, 6) is 0. The van der Waals surface area contributed by atoms with Crippen LogP contribution < -0.4 is 0 Å². The summed E-state index contributed by atoms with van der Waals surface area (Å²) < 4.78 is 33.4. The van der Waals surface area contributed by atoms with E-state index >= 15 is 0 Å². The van der Waals surface area contributed by atoms with Gasteiger partial charge in [-0.2, -0.15) is 8.42 Å². The van der Waals surface area contributed by atoms with Crippen molar-refractivity contribution >= 4 is 37.8 Å². The van der Waals surface area contributed by atoms with Gasteiger partial charge >= 0.3 is 10.2 Å². The van der Waals surface area contributed by atoms with E-state index in [0.717, 1.165) is 12.1 Å². The SMILES string of the molecule is O=S(=O)(F)c1ccc(Cl)c(Br)c1. The van der Waals surface area contributed by atoms with Crippen molar-refractivity contribution in [1.29, 1.82) is 0 Å². The van der Waals surface area contributed by atoms with Gasteiger partial charge in [0.25, 0.3) is 0 Å². The van der Waals surface area contributed by atoms with Crippen LogP contribution in [0.25, 0.3) is 0 Å². The normalized spacial score (nSPS) is 11.6. The third kappa shape index (κ3) is 2.18. The van der Waals surface area contributed by atoms with Gasteiger partial charge in [0.05, 0.1) is 9.92 Å². The highest BCUT2D eigenvalue weighted by atomic mass is 79.9. The van der Waals surface area contributed by atoms with Crippen LogP contribution in [0.1, 0.15) is 0 Å². The Hall–Kier alpha value is -0.130. The Morgan fingerprint density at radius 3 is 2.42 bits per heavy atom. The van der Waals surface area contributed by atoms with Crippen molar-refractivity contribution in [3.8, 4) is 0 Å². The molecule has 0 bridgehead atoms. The molecule has 6 heteroatoms. The summed E-state index contributed by atoms with van der Waals surface area (Å²) >= 11 is 8.54. The van der Waals surface area contributed by atoms with Gasteiger partial charge in [0.1, 0.15) is 0 Å². The van der Waals surface area contributed by atoms with Gasteiger partial charge in [0, 0.05) is 4.47 Å². The highest BCUT2D eigenvalue weighted by molar-refractivity contribution is 9.10. The monoisotopic (exact) mass is 272 g/mol. The maximum atomic E-state index is 12.3. The Labute approximate surface area is 82.7 Å². The molecule has 0 heterocycles. The van der Waals surface area contributed by atoms with Gasteiger partial charge in [-0.15, -0.1) is 3.89 Å². The molecule has 0 fully saturated rings. The first-order chi connectivity index (χ1) is 5.41. The van der Waals surface area contributed by atoms with Crippen molar-refractivity contribution < 1.29 is 12.3 Å². The van der Waals surface area contributed by atoms with E-state index in [0.29, 0.717) is 9.50 Å². The molecular weight excluding hydrogens is 270 g/mol. The number of benzene rings is 1. The Balaban J connectivity index is 3.33. The molecule has 0 amide bonds. The van der Waals surface area contributed by atoms with Crippen LogP contribution >= 0.6 is 27.5 Å². The van der Waals surface area contributed by atoms with E-state index in [1.54, 1.807) is 0 Å². The third-order valence-corrected chi connectivity index (χ3v) is 3.20. The standard InChI is InChI=1S/C6H3BrClFO2S/c7-5-3-4(12(9,10)11)1-2-6(5)8/h1-3H. The second-order valence-corrected chi connectivity index (χ2v) is 4.62. The second kappa shape index (κ2) is 3.32. The van der Waals surface area contributed by atoms with Crippen LogP contribution in [0.5, 0.6) is 0 Å². The predicted molar refractivity (Wildman–Crippen MR) is 47.4 cm³/mol. The first-order valence-corrected chi connectivity index (χ1v) is 5.36. The molecule has 66 valence electrons. The van der Waals surface area contributed by atoms with Crippen molar-refractivity contribution in [3.63, 3.8) is 0 Å². The number of rotatable bonds is 1. The molecule has 0 saturated heterocycles. The number of hydrogen-bond donors (Lipinski definition) is 0. The van der Waals surface area contributed by atoms with E-state index in [9.17, 15) is 12.3 Å². The maximum Gasteiger partial charge on any atom is 0.332 e. The molecule has 0 saturated carbocycles. The second-order valence-electron chi connectivity index (χ2n) is 2.01. The quantitative estimate of drug-likeness (QED) is 0.737. The van der Waals surface area contributed by atoms with Gasteiger partial charge in [-0.05, 0) is 34.1 Å². The van der Waals surface area contributed by atoms with Crippen LogP contribution in [0.2, 0.25) is 5.02 Å². The highest BCUT2D eigenvalue weighted by Gasteiger charge is 2.12. The molecule has 0 atom stereocenters. The molecule has 1 aromatic carbocycles. The summed E-state index contributed by atoms with van der Waals surface area (Å²) in [6.45, 7) is 0. The van der Waals surface area contributed by atoms with Crippen molar-refractivity contribution in [1.82, 2.24) is 0 Å². The van der Waals surface area contributed by atoms with Crippen molar-refractivity contribution in [2.75, 3.05) is 0 Å². The fourth-order valence-corrected chi connectivity index (χ4v) is 1.77. The van der Waals surface area contributed by atoms with Gasteiger partial charge in [-0.1, -0.05) is 11.6 Å². The summed E-state index contributed by atoms with van der Waals surface area (Å²) in [4.78, 5) is -0.404. The third-order valence-electron chi connectivity index (χ3n) is 1.17. The molecule has 1 aromatic rings. The first kappa shape index (κ1) is 9.95. The molecular formula is C6H3BrClFO2S. The van der Waals surface area contributed by atoms with Gasteiger partial charge in [-0.25, -0.2) is 0 Å². The van der Waals surface area contributed by atoms with Crippen molar-refractivity contribution in [2.24, 2.45) is 0 Å². The lowest BCUT2D eigenvalue weighted by molar-refractivity contribution is 0.552. The van der Waals surface area contributed by atoms with E-state index < -0.39 is 15.1 Å². The summed E-state index contributed by atoms with van der Waals surface area (Å²) in [5, 5.41) is 0.336. The van der Waals surface area contributed by atoms with Gasteiger partial charge in [0.15, 0.2) is 0 Å². The topological polar surface area (TPSA) is 34.1 Å². The summed E-state index contributed by atoms with van der Waals surface area (Å²) in [6, 6.07) is 3.51. The van der Waals surface area contributed by atoms with E-state index in [4.69, 9.17) is 11.6 Å². The van der Waals surface area contributed by atoms with Gasteiger partial charge < -0.3 is 0 Å². The Morgan fingerprint density at radius 2 is 2.00 bits per heavy atom. The zero-order valence-corrected chi connectivity index (χ0v) is 8.75. The van der Waals surface area contributed by atoms with Crippen molar-refractivity contribution in [3.05, 3.63) is 27.7 Å². The lowest BCUT2D eigenvalue weighted by Gasteiger charge is -1.97. The van der Waals surface area contributed by atoms with Crippen molar-refractivity contribution in [2.45, 2.75) is 4.90 Å². The minimum atomic E-state index is -4.63. The van der Waals surface area contributed by atoms with E-state index in [-0.39, 0.29) is 0 Å². The van der Waals surface area contributed by atoms with E-state index in [1.165, 1.54) is 6.07 Å². The summed E-state index contributed by atoms with van der Waals surface area (Å²) in [6.07, 6.45) is 0. The minimum Gasteiger partial charge on any atom is -0.189 e. The lowest BCUT2D eigenvalue weighted by Crippen LogP contribution is -1.91. The van der Waals surface area contributed by atoms with Crippen LogP contribution in [0.15, 0.2) is 27.6 Å². The Bertz CT molecular complexity index is 404. The average molecular weight is 274 g/mol. The fraction of sp³-hybridized carbons (Fsp3) is 0. The molecule has 0 aliphatic heterocycles. The Kier molecular flexibility index (Phi) is 2.75. The van der Waals surface area contributed by atoms with Crippen LogP contribution in [0.4, 0.5) is 3.89 Å². The van der Waals surface area contributed by atoms with Crippen LogP contribution in [0.3, 0.4) is 0 Å². The largest absolute Gasteiger partial charge is 0.332 e. The molecule has 0 unspecified atom stereocenters. The van der Waals surface area contributed by atoms with Crippen LogP contribution in [-0.4, -0.2) is 8.42 Å². The molecule has 0 aliphatic rings. The van der Waals surface area contributed by atoms with E-state index in [2.05, 4.69) is 15.9 Å². The average Bonchev–Trinajstić information content (AvgIpc) is 1.92. The smallest absolute Gasteiger partial charge is 0.189 e. The highest BCUT2D eigenvalue weighted by Crippen LogP contribution is 2.25. The van der Waals surface area contributed by atoms with Gasteiger partial charge in [0.2, 0.25) is 0 Å². The molecule has 12 heavy (non-hydrogen) atoms. The minimum absolute atomic E-state index is 0.336. The van der Waals surface area contributed by atoms with Crippen LogP contribution in [-0.2, 0) is 10.2 Å².